The van der Waals surface area contributed by atoms with Crippen molar-refractivity contribution in [3.05, 3.63) is 41.3 Å². The number of aliphatic carboxylic acids is 1. The Labute approximate surface area is 123 Å². The van der Waals surface area contributed by atoms with Crippen LogP contribution in [0.25, 0.3) is 6.08 Å². The highest BCUT2D eigenvalue weighted by atomic mass is 32.2. The second kappa shape index (κ2) is 5.97. The van der Waals surface area contributed by atoms with Crippen molar-refractivity contribution in [2.75, 3.05) is 13.2 Å². The number of benzene rings is 1. The number of carboxylic acid groups (broad SMARTS) is 1. The number of carbonyl (C=O) groups is 1. The quantitative estimate of drug-likeness (QED) is 0.848. The zero-order valence-electron chi connectivity index (χ0n) is 11.5. The standard InChI is InChI=1S/C14H17NO5S/c1-14(13(16)17)10-20-9-12(14)15-21(18,19)8-7-11-5-3-2-4-6-11/h2-8,12,15H,9-10H2,1H3,(H,16,17). The van der Waals surface area contributed by atoms with Crippen molar-refractivity contribution in [1.82, 2.24) is 4.72 Å². The van der Waals surface area contributed by atoms with E-state index in [1.165, 1.54) is 13.0 Å². The molecule has 0 bridgehead atoms. The first-order valence-corrected chi connectivity index (χ1v) is 7.95. The van der Waals surface area contributed by atoms with Crippen molar-refractivity contribution in [3.8, 4) is 0 Å². The molecule has 0 saturated carbocycles. The molecule has 1 fully saturated rings. The van der Waals surface area contributed by atoms with Gasteiger partial charge in [0.25, 0.3) is 0 Å². The number of rotatable bonds is 5. The van der Waals surface area contributed by atoms with Gasteiger partial charge in [-0.15, -0.1) is 0 Å². The molecule has 21 heavy (non-hydrogen) atoms. The average molecular weight is 311 g/mol. The Kier molecular flexibility index (Phi) is 4.46. The van der Waals surface area contributed by atoms with E-state index in [1.807, 2.05) is 6.07 Å². The number of nitrogens with one attached hydrogen (secondary N) is 1. The lowest BCUT2D eigenvalue weighted by Crippen LogP contribution is -2.49. The molecular weight excluding hydrogens is 294 g/mol. The fourth-order valence-electron chi connectivity index (χ4n) is 2.02. The Bertz CT molecular complexity index is 641. The zero-order valence-corrected chi connectivity index (χ0v) is 12.3. The van der Waals surface area contributed by atoms with Crippen LogP contribution in [0.5, 0.6) is 0 Å². The summed E-state index contributed by atoms with van der Waals surface area (Å²) in [6.07, 6.45) is 1.45. The Morgan fingerprint density at radius 2 is 2.10 bits per heavy atom. The molecule has 1 aliphatic rings. The molecule has 1 aromatic rings. The van der Waals surface area contributed by atoms with Crippen LogP contribution in [0.2, 0.25) is 0 Å². The molecule has 1 aliphatic heterocycles. The normalized spacial score (nSPS) is 26.2. The second-order valence-corrected chi connectivity index (χ2v) is 6.76. The summed E-state index contributed by atoms with van der Waals surface area (Å²) in [4.78, 5) is 11.3. The fourth-order valence-corrected chi connectivity index (χ4v) is 3.16. The van der Waals surface area contributed by atoms with Gasteiger partial charge in [0.1, 0.15) is 5.41 Å². The third-order valence-corrected chi connectivity index (χ3v) is 4.60. The highest BCUT2D eigenvalue weighted by Crippen LogP contribution is 2.29. The summed E-state index contributed by atoms with van der Waals surface area (Å²) in [5.74, 6) is -1.08. The first kappa shape index (κ1) is 15.7. The SMILES string of the molecule is CC1(C(=O)O)COCC1NS(=O)(=O)C=Cc1ccccc1. The third-order valence-electron chi connectivity index (χ3n) is 3.49. The van der Waals surface area contributed by atoms with Crippen LogP contribution in [0.4, 0.5) is 0 Å². The van der Waals surface area contributed by atoms with Crippen LogP contribution in [0.3, 0.4) is 0 Å². The van der Waals surface area contributed by atoms with E-state index in [0.29, 0.717) is 0 Å². The summed E-state index contributed by atoms with van der Waals surface area (Å²) >= 11 is 0. The van der Waals surface area contributed by atoms with E-state index < -0.39 is 27.4 Å². The van der Waals surface area contributed by atoms with Crippen molar-refractivity contribution in [3.63, 3.8) is 0 Å². The van der Waals surface area contributed by atoms with Crippen LogP contribution in [0.1, 0.15) is 12.5 Å². The highest BCUT2D eigenvalue weighted by molar-refractivity contribution is 7.92. The van der Waals surface area contributed by atoms with Gasteiger partial charge >= 0.3 is 5.97 Å². The number of sulfonamides is 1. The number of hydrogen-bond donors (Lipinski definition) is 2. The first-order valence-electron chi connectivity index (χ1n) is 6.40. The smallest absolute Gasteiger partial charge is 0.313 e. The molecule has 0 spiro atoms. The maximum absolute atomic E-state index is 12.0. The van der Waals surface area contributed by atoms with Gasteiger partial charge in [-0.2, -0.15) is 0 Å². The maximum Gasteiger partial charge on any atom is 0.313 e. The van der Waals surface area contributed by atoms with Gasteiger partial charge in [-0.1, -0.05) is 30.3 Å². The molecule has 2 N–H and O–H groups in total. The minimum Gasteiger partial charge on any atom is -0.481 e. The van der Waals surface area contributed by atoms with E-state index in [9.17, 15) is 18.3 Å². The van der Waals surface area contributed by atoms with Crippen LogP contribution < -0.4 is 4.72 Å². The Morgan fingerprint density at radius 1 is 1.43 bits per heavy atom. The van der Waals surface area contributed by atoms with Crippen molar-refractivity contribution in [2.24, 2.45) is 5.41 Å². The number of hydrogen-bond acceptors (Lipinski definition) is 4. The maximum atomic E-state index is 12.0. The molecule has 1 heterocycles. The molecule has 2 atom stereocenters. The average Bonchev–Trinajstić information content (AvgIpc) is 2.80. The lowest BCUT2D eigenvalue weighted by molar-refractivity contribution is -0.148. The molecule has 7 heteroatoms. The van der Waals surface area contributed by atoms with Crippen molar-refractivity contribution >= 4 is 22.1 Å². The van der Waals surface area contributed by atoms with Crippen molar-refractivity contribution in [2.45, 2.75) is 13.0 Å². The van der Waals surface area contributed by atoms with Crippen LogP contribution in [0, 0.1) is 5.41 Å². The van der Waals surface area contributed by atoms with Gasteiger partial charge in [0.2, 0.25) is 10.0 Å². The molecule has 0 amide bonds. The number of ether oxygens (including phenoxy) is 1. The summed E-state index contributed by atoms with van der Waals surface area (Å²) in [7, 11) is -3.74. The van der Waals surface area contributed by atoms with E-state index in [4.69, 9.17) is 4.74 Å². The van der Waals surface area contributed by atoms with Gasteiger partial charge in [0.15, 0.2) is 0 Å². The summed E-state index contributed by atoms with van der Waals surface area (Å²) in [5.41, 5.74) is -0.514. The van der Waals surface area contributed by atoms with Gasteiger partial charge in [-0.05, 0) is 18.6 Å². The topological polar surface area (TPSA) is 92.7 Å². The van der Waals surface area contributed by atoms with Gasteiger partial charge in [0, 0.05) is 5.41 Å². The van der Waals surface area contributed by atoms with Crippen LogP contribution >= 0.6 is 0 Å². The molecule has 0 aromatic heterocycles. The predicted molar refractivity (Wildman–Crippen MR) is 77.9 cm³/mol. The van der Waals surface area contributed by atoms with E-state index in [-0.39, 0.29) is 13.2 Å². The fraction of sp³-hybridized carbons (Fsp3) is 0.357. The zero-order chi connectivity index (χ0) is 15.5. The minimum atomic E-state index is -3.74. The minimum absolute atomic E-state index is 0.0160. The molecule has 6 nitrogen and oxygen atoms in total. The van der Waals surface area contributed by atoms with Crippen LogP contribution in [-0.4, -0.2) is 38.7 Å². The van der Waals surface area contributed by atoms with Gasteiger partial charge in [0.05, 0.1) is 19.3 Å². The van der Waals surface area contributed by atoms with E-state index in [1.54, 1.807) is 24.3 Å². The predicted octanol–water partition coefficient (Wildman–Crippen LogP) is 1.07. The van der Waals surface area contributed by atoms with Gasteiger partial charge < -0.3 is 9.84 Å². The molecule has 1 saturated heterocycles. The van der Waals surface area contributed by atoms with E-state index in [0.717, 1.165) is 11.0 Å². The van der Waals surface area contributed by atoms with E-state index >= 15 is 0 Å². The third kappa shape index (κ3) is 3.69. The first-order chi connectivity index (χ1) is 9.83. The largest absolute Gasteiger partial charge is 0.481 e. The van der Waals surface area contributed by atoms with Crippen LogP contribution in [0.15, 0.2) is 35.7 Å². The summed E-state index contributed by atoms with van der Waals surface area (Å²) in [6.45, 7) is 1.50. The summed E-state index contributed by atoms with van der Waals surface area (Å²) in [5, 5.41) is 10.2. The van der Waals surface area contributed by atoms with E-state index in [2.05, 4.69) is 4.72 Å². The van der Waals surface area contributed by atoms with Crippen molar-refractivity contribution in [1.29, 1.82) is 0 Å². The highest BCUT2D eigenvalue weighted by Gasteiger charge is 2.47. The summed E-state index contributed by atoms with van der Waals surface area (Å²) in [6, 6.07) is 8.18. The molecule has 0 aliphatic carbocycles. The van der Waals surface area contributed by atoms with Gasteiger partial charge in [-0.25, -0.2) is 13.1 Å². The molecule has 1 aromatic carbocycles. The Morgan fingerprint density at radius 3 is 2.71 bits per heavy atom. The van der Waals surface area contributed by atoms with Crippen LogP contribution in [-0.2, 0) is 19.6 Å². The molecule has 0 radical (unpaired) electrons. The van der Waals surface area contributed by atoms with Gasteiger partial charge in [-0.3, -0.25) is 4.79 Å². The number of carboxylic acids is 1. The Balaban J connectivity index is 2.11. The lowest BCUT2D eigenvalue weighted by atomic mass is 9.86. The van der Waals surface area contributed by atoms with Crippen molar-refractivity contribution < 1.29 is 23.1 Å². The molecule has 2 rings (SSSR count). The molecule has 114 valence electrons. The molecule has 2 unspecified atom stereocenters. The Hall–Kier alpha value is -1.70. The second-order valence-electron chi connectivity index (χ2n) is 5.17. The lowest BCUT2D eigenvalue weighted by Gasteiger charge is -2.24. The monoisotopic (exact) mass is 311 g/mol. The summed E-state index contributed by atoms with van der Waals surface area (Å²) < 4.78 is 31.5. The molecular formula is C14H17NO5S.